The zero-order chi connectivity index (χ0) is 11.0. The molecule has 3 heteroatoms. The molecule has 80 valence electrons. The summed E-state index contributed by atoms with van der Waals surface area (Å²) in [6.45, 7) is 1.71. The van der Waals surface area contributed by atoms with Gasteiger partial charge in [0.25, 0.3) is 0 Å². The summed E-state index contributed by atoms with van der Waals surface area (Å²) in [7, 11) is 0. The van der Waals surface area contributed by atoms with Crippen molar-refractivity contribution in [2.75, 3.05) is 0 Å². The number of carbonyl (C=O) groups excluding carboxylic acids is 1. The highest BCUT2D eigenvalue weighted by Gasteiger charge is 2.21. The fraction of sp³-hybridized carbons (Fsp3) is 0.417. The topological polar surface area (TPSA) is 43.1 Å². The van der Waals surface area contributed by atoms with Crippen LogP contribution < -0.4 is 5.73 Å². The van der Waals surface area contributed by atoms with E-state index in [-0.39, 0.29) is 5.78 Å². The second-order valence-electron chi connectivity index (χ2n) is 4.10. The molecule has 0 amide bonds. The fourth-order valence-electron chi connectivity index (χ4n) is 2.13. The lowest BCUT2D eigenvalue weighted by Gasteiger charge is -2.10. The number of rotatable bonds is 2. The number of ketones is 1. The molecule has 0 bridgehead atoms. The first-order valence-electron chi connectivity index (χ1n) is 5.20. The molecule has 1 aromatic carbocycles. The van der Waals surface area contributed by atoms with Crippen LogP contribution in [-0.2, 0) is 12.8 Å². The molecule has 1 aromatic rings. The molecule has 0 heterocycles. The van der Waals surface area contributed by atoms with Gasteiger partial charge in [-0.25, -0.2) is 0 Å². The average molecular weight is 224 g/mol. The van der Waals surface area contributed by atoms with Gasteiger partial charge in [0.2, 0.25) is 0 Å². The molecule has 0 aliphatic heterocycles. The lowest BCUT2D eigenvalue weighted by atomic mass is 9.97. The Labute approximate surface area is 94.4 Å². The largest absolute Gasteiger partial charge is 0.321 e. The molecular weight excluding hydrogens is 210 g/mol. The number of hydrogen-bond donors (Lipinski definition) is 1. The highest BCUT2D eigenvalue weighted by Crippen LogP contribution is 2.29. The summed E-state index contributed by atoms with van der Waals surface area (Å²) in [6.07, 6.45) is 3.10. The zero-order valence-electron chi connectivity index (χ0n) is 8.72. The van der Waals surface area contributed by atoms with E-state index in [4.69, 9.17) is 17.3 Å². The quantitative estimate of drug-likeness (QED) is 0.783. The molecule has 1 atom stereocenters. The highest BCUT2D eigenvalue weighted by atomic mass is 35.5. The second kappa shape index (κ2) is 3.95. The number of aryl methyl sites for hydroxylation is 1. The lowest BCUT2D eigenvalue weighted by molar-refractivity contribution is 0.0967. The minimum absolute atomic E-state index is 0.00403. The third kappa shape index (κ3) is 1.92. The molecule has 0 saturated heterocycles. The summed E-state index contributed by atoms with van der Waals surface area (Å²) in [5.41, 5.74) is 8.72. The van der Waals surface area contributed by atoms with Gasteiger partial charge in [-0.05, 0) is 49.4 Å². The molecular formula is C12H14ClNO. The zero-order valence-corrected chi connectivity index (χ0v) is 9.47. The van der Waals surface area contributed by atoms with Crippen LogP contribution in [0.1, 0.15) is 34.8 Å². The first-order chi connectivity index (χ1) is 7.09. The van der Waals surface area contributed by atoms with Gasteiger partial charge in [-0.1, -0.05) is 11.6 Å². The van der Waals surface area contributed by atoms with E-state index in [9.17, 15) is 4.79 Å². The molecule has 1 unspecified atom stereocenters. The monoisotopic (exact) mass is 223 g/mol. The van der Waals surface area contributed by atoms with Crippen molar-refractivity contribution >= 4 is 17.4 Å². The van der Waals surface area contributed by atoms with E-state index in [1.165, 1.54) is 5.56 Å². The Morgan fingerprint density at radius 3 is 2.87 bits per heavy atom. The van der Waals surface area contributed by atoms with Crippen molar-refractivity contribution < 1.29 is 4.79 Å². The van der Waals surface area contributed by atoms with Gasteiger partial charge in [-0.15, -0.1) is 0 Å². The Morgan fingerprint density at radius 2 is 2.20 bits per heavy atom. The van der Waals surface area contributed by atoms with Crippen LogP contribution >= 0.6 is 11.6 Å². The number of hydrogen-bond acceptors (Lipinski definition) is 2. The van der Waals surface area contributed by atoms with Crippen molar-refractivity contribution in [1.82, 2.24) is 0 Å². The van der Waals surface area contributed by atoms with E-state index in [2.05, 4.69) is 0 Å². The first-order valence-corrected chi connectivity index (χ1v) is 5.58. The van der Waals surface area contributed by atoms with Crippen molar-refractivity contribution in [2.24, 2.45) is 5.73 Å². The van der Waals surface area contributed by atoms with Gasteiger partial charge in [0.1, 0.15) is 0 Å². The normalized spacial score (nSPS) is 16.2. The average Bonchev–Trinajstić information content (AvgIpc) is 2.62. The van der Waals surface area contributed by atoms with Crippen molar-refractivity contribution in [3.8, 4) is 0 Å². The van der Waals surface area contributed by atoms with E-state index >= 15 is 0 Å². The Bertz CT molecular complexity index is 412. The molecule has 0 spiro atoms. The van der Waals surface area contributed by atoms with E-state index in [0.717, 1.165) is 30.4 Å². The standard InChI is InChI=1S/C12H14ClNO/c1-7(14)12(15)11-6-9(13)5-8-3-2-4-10(8)11/h5-7H,2-4,14H2,1H3. The predicted octanol–water partition coefficient (Wildman–Crippen LogP) is 2.36. The van der Waals surface area contributed by atoms with Crippen LogP contribution in [0.15, 0.2) is 12.1 Å². The van der Waals surface area contributed by atoms with Gasteiger partial charge in [0.15, 0.2) is 5.78 Å². The maximum Gasteiger partial charge on any atom is 0.179 e. The van der Waals surface area contributed by atoms with E-state index < -0.39 is 6.04 Å². The minimum atomic E-state index is -0.451. The maximum absolute atomic E-state index is 11.9. The van der Waals surface area contributed by atoms with Gasteiger partial charge >= 0.3 is 0 Å². The smallest absolute Gasteiger partial charge is 0.179 e. The molecule has 2 N–H and O–H groups in total. The molecule has 0 radical (unpaired) electrons. The number of nitrogens with two attached hydrogens (primary N) is 1. The maximum atomic E-state index is 11.9. The van der Waals surface area contributed by atoms with Crippen molar-refractivity contribution in [2.45, 2.75) is 32.2 Å². The Kier molecular flexibility index (Phi) is 2.81. The van der Waals surface area contributed by atoms with E-state index in [0.29, 0.717) is 5.02 Å². The van der Waals surface area contributed by atoms with E-state index in [1.54, 1.807) is 13.0 Å². The van der Waals surface area contributed by atoms with Crippen LogP contribution in [0, 0.1) is 0 Å². The summed E-state index contributed by atoms with van der Waals surface area (Å²) >= 11 is 5.98. The van der Waals surface area contributed by atoms with Crippen LogP contribution in [0.25, 0.3) is 0 Å². The summed E-state index contributed by atoms with van der Waals surface area (Å²) in [4.78, 5) is 11.9. The van der Waals surface area contributed by atoms with E-state index in [1.807, 2.05) is 6.07 Å². The number of halogens is 1. The van der Waals surface area contributed by atoms with Gasteiger partial charge in [0, 0.05) is 10.6 Å². The van der Waals surface area contributed by atoms with Crippen LogP contribution in [0.5, 0.6) is 0 Å². The molecule has 1 aliphatic rings. The SMILES string of the molecule is CC(N)C(=O)c1cc(Cl)cc2c1CCC2. The van der Waals surface area contributed by atoms with Crippen LogP contribution in [-0.4, -0.2) is 11.8 Å². The summed E-state index contributed by atoms with van der Waals surface area (Å²) in [6, 6.07) is 3.26. The molecule has 2 rings (SSSR count). The molecule has 0 aromatic heterocycles. The Morgan fingerprint density at radius 1 is 1.47 bits per heavy atom. The first kappa shape index (κ1) is 10.7. The molecule has 0 fully saturated rings. The second-order valence-corrected chi connectivity index (χ2v) is 4.53. The van der Waals surface area contributed by atoms with Crippen molar-refractivity contribution in [3.05, 3.63) is 33.8 Å². The number of fused-ring (bicyclic) bond motifs is 1. The number of carbonyl (C=O) groups is 1. The Hall–Kier alpha value is -0.860. The molecule has 1 aliphatic carbocycles. The number of benzene rings is 1. The van der Waals surface area contributed by atoms with Crippen LogP contribution in [0.4, 0.5) is 0 Å². The molecule has 0 saturated carbocycles. The van der Waals surface area contributed by atoms with Crippen LogP contribution in [0.2, 0.25) is 5.02 Å². The van der Waals surface area contributed by atoms with Gasteiger partial charge in [-0.2, -0.15) is 0 Å². The van der Waals surface area contributed by atoms with Crippen molar-refractivity contribution in [3.63, 3.8) is 0 Å². The third-order valence-corrected chi connectivity index (χ3v) is 3.08. The summed E-state index contributed by atoms with van der Waals surface area (Å²) in [5, 5.41) is 0.639. The molecule has 2 nitrogen and oxygen atoms in total. The molecule has 15 heavy (non-hydrogen) atoms. The predicted molar refractivity (Wildman–Crippen MR) is 61.5 cm³/mol. The lowest BCUT2D eigenvalue weighted by Crippen LogP contribution is -2.27. The number of Topliss-reactive ketones (excluding diaryl/α,β-unsaturated/α-hetero) is 1. The summed E-state index contributed by atoms with van der Waals surface area (Å²) < 4.78 is 0. The summed E-state index contributed by atoms with van der Waals surface area (Å²) in [5.74, 6) is -0.00403. The minimum Gasteiger partial charge on any atom is -0.321 e. The third-order valence-electron chi connectivity index (χ3n) is 2.86. The van der Waals surface area contributed by atoms with Crippen LogP contribution in [0.3, 0.4) is 0 Å². The van der Waals surface area contributed by atoms with Crippen molar-refractivity contribution in [1.29, 1.82) is 0 Å². The van der Waals surface area contributed by atoms with Gasteiger partial charge < -0.3 is 5.73 Å². The van der Waals surface area contributed by atoms with Gasteiger partial charge in [0.05, 0.1) is 6.04 Å². The van der Waals surface area contributed by atoms with Gasteiger partial charge in [-0.3, -0.25) is 4.79 Å². The Balaban J connectivity index is 2.51. The fourth-order valence-corrected chi connectivity index (χ4v) is 2.37. The highest BCUT2D eigenvalue weighted by molar-refractivity contribution is 6.31.